The van der Waals surface area contributed by atoms with Crippen molar-refractivity contribution in [2.75, 3.05) is 20.6 Å². The molecule has 0 aliphatic rings. The molecule has 0 aromatic carbocycles. The highest BCUT2D eigenvalue weighted by Gasteiger charge is 2.01. The zero-order chi connectivity index (χ0) is 10.4. The van der Waals surface area contributed by atoms with Crippen LogP contribution >= 0.6 is 0 Å². The summed E-state index contributed by atoms with van der Waals surface area (Å²) < 4.78 is 0. The predicted octanol–water partition coefficient (Wildman–Crippen LogP) is 1.12. The van der Waals surface area contributed by atoms with Gasteiger partial charge in [0.25, 0.3) is 0 Å². The number of likely N-dealkylation sites (N-methyl/N-ethyl adjacent to an activating group) is 1. The number of pyridine rings is 1. The van der Waals surface area contributed by atoms with Crippen LogP contribution in [0.1, 0.15) is 12.5 Å². The van der Waals surface area contributed by atoms with Gasteiger partial charge in [-0.2, -0.15) is 0 Å². The summed E-state index contributed by atoms with van der Waals surface area (Å²) in [6.07, 6.45) is 3.70. The number of aromatic nitrogens is 1. The molecule has 1 aromatic rings. The number of rotatable bonds is 5. The molecule has 1 unspecified atom stereocenters. The Morgan fingerprint density at radius 2 is 2.29 bits per heavy atom. The van der Waals surface area contributed by atoms with Gasteiger partial charge >= 0.3 is 0 Å². The lowest BCUT2D eigenvalue weighted by molar-refractivity contribution is 0.349. The first kappa shape index (κ1) is 11.1. The highest BCUT2D eigenvalue weighted by atomic mass is 15.1. The summed E-state index contributed by atoms with van der Waals surface area (Å²) in [7, 11) is 4.17. The zero-order valence-electron chi connectivity index (χ0n) is 9.20. The van der Waals surface area contributed by atoms with Crippen molar-refractivity contribution in [1.29, 1.82) is 0 Å². The van der Waals surface area contributed by atoms with Crippen molar-refractivity contribution in [2.24, 2.45) is 0 Å². The van der Waals surface area contributed by atoms with Crippen LogP contribution in [0.25, 0.3) is 0 Å². The minimum absolute atomic E-state index is 0.505. The van der Waals surface area contributed by atoms with Gasteiger partial charge in [-0.15, -0.1) is 0 Å². The van der Waals surface area contributed by atoms with Crippen LogP contribution in [0.2, 0.25) is 0 Å². The molecule has 0 bridgehead atoms. The summed E-state index contributed by atoms with van der Waals surface area (Å²) >= 11 is 0. The van der Waals surface area contributed by atoms with Crippen LogP contribution in [0, 0.1) is 0 Å². The molecule has 0 saturated heterocycles. The van der Waals surface area contributed by atoms with Gasteiger partial charge in [0.05, 0.1) is 0 Å². The molecule has 1 rings (SSSR count). The summed E-state index contributed by atoms with van der Waals surface area (Å²) in [5.41, 5.74) is 1.23. The maximum absolute atomic E-state index is 4.07. The summed E-state index contributed by atoms with van der Waals surface area (Å²) in [5.74, 6) is 0. The number of nitrogens with zero attached hydrogens (tertiary/aromatic N) is 2. The van der Waals surface area contributed by atoms with Crippen molar-refractivity contribution in [3.05, 3.63) is 30.1 Å². The third kappa shape index (κ3) is 4.35. The Labute approximate surface area is 86.2 Å². The maximum atomic E-state index is 4.07. The molecule has 1 aromatic heterocycles. The minimum atomic E-state index is 0.505. The van der Waals surface area contributed by atoms with E-state index in [2.05, 4.69) is 42.3 Å². The first-order chi connectivity index (χ1) is 6.68. The van der Waals surface area contributed by atoms with E-state index in [9.17, 15) is 0 Å². The van der Waals surface area contributed by atoms with E-state index < -0.39 is 0 Å². The van der Waals surface area contributed by atoms with Crippen LogP contribution in [-0.4, -0.2) is 36.6 Å². The van der Waals surface area contributed by atoms with Gasteiger partial charge in [0.1, 0.15) is 0 Å². The smallest absolute Gasteiger partial charge is 0.0312 e. The highest BCUT2D eigenvalue weighted by Crippen LogP contribution is 1.95. The molecule has 0 fully saturated rings. The van der Waals surface area contributed by atoms with Gasteiger partial charge in [-0.1, -0.05) is 6.07 Å². The van der Waals surface area contributed by atoms with Crippen LogP contribution in [0.4, 0.5) is 0 Å². The molecule has 1 atom stereocenters. The minimum Gasteiger partial charge on any atom is -0.309 e. The van der Waals surface area contributed by atoms with E-state index in [1.165, 1.54) is 5.56 Å². The van der Waals surface area contributed by atoms with Crippen molar-refractivity contribution < 1.29 is 0 Å². The van der Waals surface area contributed by atoms with Gasteiger partial charge in [-0.05, 0) is 32.6 Å². The molecule has 78 valence electrons. The Hall–Kier alpha value is -0.930. The fraction of sp³-hybridized carbons (Fsp3) is 0.545. The number of nitrogens with one attached hydrogen (secondary N) is 1. The molecule has 0 aliphatic heterocycles. The Balaban J connectivity index is 2.27. The number of hydrogen-bond donors (Lipinski definition) is 1. The van der Waals surface area contributed by atoms with Crippen LogP contribution in [0.5, 0.6) is 0 Å². The highest BCUT2D eigenvalue weighted by molar-refractivity contribution is 5.07. The van der Waals surface area contributed by atoms with E-state index in [1.807, 2.05) is 12.3 Å². The molecule has 0 aliphatic carbocycles. The lowest BCUT2D eigenvalue weighted by Crippen LogP contribution is -2.35. The summed E-state index contributed by atoms with van der Waals surface area (Å²) in [6, 6.07) is 4.56. The molecule has 3 heteroatoms. The average molecular weight is 193 g/mol. The molecule has 0 radical (unpaired) electrons. The van der Waals surface area contributed by atoms with Crippen molar-refractivity contribution in [1.82, 2.24) is 15.2 Å². The number of hydrogen-bond acceptors (Lipinski definition) is 3. The van der Waals surface area contributed by atoms with Crippen molar-refractivity contribution >= 4 is 0 Å². The second-order valence-corrected chi connectivity index (χ2v) is 3.91. The first-order valence-electron chi connectivity index (χ1n) is 4.95. The summed E-state index contributed by atoms with van der Waals surface area (Å²) in [6.45, 7) is 4.14. The molecular weight excluding hydrogens is 174 g/mol. The average Bonchev–Trinajstić information content (AvgIpc) is 2.15. The summed E-state index contributed by atoms with van der Waals surface area (Å²) in [4.78, 5) is 6.25. The maximum Gasteiger partial charge on any atom is 0.0312 e. The normalized spacial score (nSPS) is 13.1. The van der Waals surface area contributed by atoms with Gasteiger partial charge in [0, 0.05) is 31.5 Å². The fourth-order valence-corrected chi connectivity index (χ4v) is 1.41. The Morgan fingerprint density at radius 3 is 2.86 bits per heavy atom. The van der Waals surface area contributed by atoms with Gasteiger partial charge in [0.2, 0.25) is 0 Å². The van der Waals surface area contributed by atoms with E-state index in [-0.39, 0.29) is 0 Å². The lowest BCUT2D eigenvalue weighted by Gasteiger charge is -2.18. The third-order valence-electron chi connectivity index (χ3n) is 2.02. The third-order valence-corrected chi connectivity index (χ3v) is 2.02. The SMILES string of the molecule is CC(CN(C)C)NCc1cccnc1. The molecule has 0 amide bonds. The lowest BCUT2D eigenvalue weighted by atomic mass is 10.2. The first-order valence-corrected chi connectivity index (χ1v) is 4.95. The predicted molar refractivity (Wildman–Crippen MR) is 59.1 cm³/mol. The molecule has 0 saturated carbocycles. The van der Waals surface area contributed by atoms with E-state index >= 15 is 0 Å². The monoisotopic (exact) mass is 193 g/mol. The van der Waals surface area contributed by atoms with Gasteiger partial charge in [-0.25, -0.2) is 0 Å². The van der Waals surface area contributed by atoms with Crippen LogP contribution in [-0.2, 0) is 6.54 Å². The fourth-order valence-electron chi connectivity index (χ4n) is 1.41. The Bertz CT molecular complexity index is 246. The van der Waals surface area contributed by atoms with Crippen LogP contribution in [0.15, 0.2) is 24.5 Å². The van der Waals surface area contributed by atoms with E-state index in [0.29, 0.717) is 6.04 Å². The van der Waals surface area contributed by atoms with E-state index in [1.54, 1.807) is 6.20 Å². The Morgan fingerprint density at radius 1 is 1.50 bits per heavy atom. The quantitative estimate of drug-likeness (QED) is 0.759. The second kappa shape index (κ2) is 5.73. The van der Waals surface area contributed by atoms with Crippen LogP contribution < -0.4 is 5.32 Å². The molecule has 3 nitrogen and oxygen atoms in total. The molecule has 1 heterocycles. The van der Waals surface area contributed by atoms with E-state index in [0.717, 1.165) is 13.1 Å². The summed E-state index contributed by atoms with van der Waals surface area (Å²) in [5, 5.41) is 3.45. The topological polar surface area (TPSA) is 28.2 Å². The van der Waals surface area contributed by atoms with Crippen LogP contribution in [0.3, 0.4) is 0 Å². The Kier molecular flexibility index (Phi) is 4.56. The van der Waals surface area contributed by atoms with Crippen molar-refractivity contribution in [3.63, 3.8) is 0 Å². The molecule has 0 spiro atoms. The van der Waals surface area contributed by atoms with Crippen molar-refractivity contribution in [2.45, 2.75) is 19.5 Å². The van der Waals surface area contributed by atoms with Gasteiger partial charge in [-0.3, -0.25) is 4.98 Å². The second-order valence-electron chi connectivity index (χ2n) is 3.91. The standard InChI is InChI=1S/C11H19N3/c1-10(9-14(2)3)13-8-11-5-4-6-12-7-11/h4-7,10,13H,8-9H2,1-3H3. The van der Waals surface area contributed by atoms with Gasteiger partial charge in [0.15, 0.2) is 0 Å². The van der Waals surface area contributed by atoms with Gasteiger partial charge < -0.3 is 10.2 Å². The van der Waals surface area contributed by atoms with E-state index in [4.69, 9.17) is 0 Å². The zero-order valence-corrected chi connectivity index (χ0v) is 9.20. The molecule has 14 heavy (non-hydrogen) atoms. The largest absolute Gasteiger partial charge is 0.309 e. The molecular formula is C11H19N3. The van der Waals surface area contributed by atoms with Crippen molar-refractivity contribution in [3.8, 4) is 0 Å². The molecule has 1 N–H and O–H groups in total.